The van der Waals surface area contributed by atoms with Gasteiger partial charge in [0.1, 0.15) is 15.7 Å². The third-order valence-corrected chi connectivity index (χ3v) is 4.80. The minimum Gasteiger partial charge on any atom is -0.344 e. The Morgan fingerprint density at radius 2 is 2.24 bits per heavy atom. The summed E-state index contributed by atoms with van der Waals surface area (Å²) < 4.78 is 4.49. The molecule has 0 unspecified atom stereocenters. The molecule has 2 aromatic rings. The van der Waals surface area contributed by atoms with Crippen molar-refractivity contribution in [2.24, 2.45) is 0 Å². The fourth-order valence-electron chi connectivity index (χ4n) is 2.35. The predicted molar refractivity (Wildman–Crippen MR) is 78.7 cm³/mol. The molecule has 21 heavy (non-hydrogen) atoms. The lowest BCUT2D eigenvalue weighted by Crippen LogP contribution is -2.24. The van der Waals surface area contributed by atoms with Crippen LogP contribution in [0.4, 0.5) is 0 Å². The molecule has 3 heterocycles. The van der Waals surface area contributed by atoms with E-state index >= 15 is 0 Å². The molecule has 9 heteroatoms. The number of halogens is 1. The molecule has 1 amide bonds. The van der Waals surface area contributed by atoms with Gasteiger partial charge in [-0.05, 0) is 12.8 Å². The van der Waals surface area contributed by atoms with Gasteiger partial charge in [-0.15, -0.1) is 10.2 Å². The van der Waals surface area contributed by atoms with Gasteiger partial charge in [-0.1, -0.05) is 29.6 Å². The van der Waals surface area contributed by atoms with E-state index in [1.54, 1.807) is 0 Å². The number of aromatic nitrogens is 4. The van der Waals surface area contributed by atoms with Gasteiger partial charge in [0.05, 0.1) is 6.54 Å². The average molecular weight is 328 g/mol. The van der Waals surface area contributed by atoms with Gasteiger partial charge in [-0.25, -0.2) is 0 Å². The first kappa shape index (κ1) is 14.3. The lowest BCUT2D eigenvalue weighted by Gasteiger charge is -2.07. The van der Waals surface area contributed by atoms with E-state index < -0.39 is 5.56 Å². The number of nitrogens with one attached hydrogen (secondary N) is 2. The normalized spacial score (nSPS) is 14.5. The van der Waals surface area contributed by atoms with Crippen molar-refractivity contribution in [3.63, 3.8) is 0 Å². The highest BCUT2D eigenvalue weighted by molar-refractivity contribution is 7.08. The zero-order valence-corrected chi connectivity index (χ0v) is 12.8. The van der Waals surface area contributed by atoms with Crippen LogP contribution in [0.5, 0.6) is 0 Å². The summed E-state index contributed by atoms with van der Waals surface area (Å²) >= 11 is 6.70. The average Bonchev–Trinajstić information content (AvgIpc) is 2.92. The number of carbonyl (C=O) groups excluding carboxylic acids is 1. The lowest BCUT2D eigenvalue weighted by molar-refractivity contribution is 0.0953. The first-order chi connectivity index (χ1) is 10.2. The molecule has 7 nitrogen and oxygen atoms in total. The molecule has 1 aliphatic heterocycles. The summed E-state index contributed by atoms with van der Waals surface area (Å²) in [5.41, 5.74) is -0.442. The zero-order chi connectivity index (χ0) is 14.8. The molecule has 0 aromatic carbocycles. The maximum absolute atomic E-state index is 12.0. The van der Waals surface area contributed by atoms with E-state index in [0.29, 0.717) is 0 Å². The van der Waals surface area contributed by atoms with Gasteiger partial charge in [0.2, 0.25) is 0 Å². The molecule has 0 spiro atoms. The molecule has 1 aliphatic rings. The molecule has 0 saturated heterocycles. The Morgan fingerprint density at radius 1 is 1.38 bits per heavy atom. The molecular weight excluding hydrogens is 314 g/mol. The van der Waals surface area contributed by atoms with Crippen LogP contribution in [-0.2, 0) is 19.5 Å². The topological polar surface area (TPSA) is 92.7 Å². The Balaban J connectivity index is 1.71. The van der Waals surface area contributed by atoms with Gasteiger partial charge in [0.15, 0.2) is 5.82 Å². The third kappa shape index (κ3) is 2.86. The molecule has 0 aliphatic carbocycles. The molecule has 0 atom stereocenters. The third-order valence-electron chi connectivity index (χ3n) is 3.44. The van der Waals surface area contributed by atoms with Crippen molar-refractivity contribution < 1.29 is 4.79 Å². The Hall–Kier alpha value is -1.67. The van der Waals surface area contributed by atoms with Crippen LogP contribution in [0.25, 0.3) is 0 Å². The highest BCUT2D eigenvalue weighted by atomic mass is 35.5. The largest absolute Gasteiger partial charge is 0.344 e. The van der Waals surface area contributed by atoms with Crippen molar-refractivity contribution in [3.05, 3.63) is 31.9 Å². The van der Waals surface area contributed by atoms with E-state index in [1.165, 1.54) is 6.42 Å². The second-order valence-electron chi connectivity index (χ2n) is 4.85. The van der Waals surface area contributed by atoms with Crippen LogP contribution in [-0.4, -0.2) is 25.0 Å². The highest BCUT2D eigenvalue weighted by Gasteiger charge is 2.18. The van der Waals surface area contributed by atoms with Crippen molar-refractivity contribution in [1.29, 1.82) is 0 Å². The van der Waals surface area contributed by atoms with Gasteiger partial charge in [0.25, 0.3) is 11.5 Å². The van der Waals surface area contributed by atoms with Crippen molar-refractivity contribution in [1.82, 2.24) is 24.5 Å². The first-order valence-corrected chi connectivity index (χ1v) is 7.92. The number of nitrogens with zero attached hydrogens (tertiary/aromatic N) is 3. The van der Waals surface area contributed by atoms with Gasteiger partial charge < -0.3 is 9.88 Å². The molecule has 0 radical (unpaired) electrons. The number of fused-ring (bicyclic) bond motifs is 1. The number of amides is 1. The van der Waals surface area contributed by atoms with E-state index in [1.807, 2.05) is 0 Å². The van der Waals surface area contributed by atoms with E-state index in [9.17, 15) is 9.59 Å². The quantitative estimate of drug-likeness (QED) is 0.889. The molecule has 2 aromatic heterocycles. The number of aromatic amines is 1. The number of hydrogen-bond donors (Lipinski definition) is 2. The fraction of sp³-hybridized carbons (Fsp3) is 0.500. The summed E-state index contributed by atoms with van der Waals surface area (Å²) in [4.78, 5) is 23.4. The van der Waals surface area contributed by atoms with Crippen LogP contribution >= 0.6 is 23.1 Å². The van der Waals surface area contributed by atoms with Crippen LogP contribution in [0.3, 0.4) is 0 Å². The minimum atomic E-state index is -0.442. The second-order valence-corrected chi connectivity index (χ2v) is 6.05. The van der Waals surface area contributed by atoms with Gasteiger partial charge in [0, 0.05) is 13.0 Å². The molecule has 0 fully saturated rings. The summed E-state index contributed by atoms with van der Waals surface area (Å²) in [6.07, 6.45) is 4.32. The summed E-state index contributed by atoms with van der Waals surface area (Å²) in [6, 6.07) is 0. The number of hydrogen-bond acceptors (Lipinski definition) is 5. The predicted octanol–water partition coefficient (Wildman–Crippen LogP) is 1.34. The lowest BCUT2D eigenvalue weighted by atomic mass is 10.2. The van der Waals surface area contributed by atoms with Crippen molar-refractivity contribution in [3.8, 4) is 0 Å². The Labute approximate surface area is 129 Å². The highest BCUT2D eigenvalue weighted by Crippen LogP contribution is 2.16. The molecule has 112 valence electrons. The van der Waals surface area contributed by atoms with E-state index in [4.69, 9.17) is 11.6 Å². The summed E-state index contributed by atoms with van der Waals surface area (Å²) in [5, 5.41) is 11.0. The SMILES string of the molecule is O=C(NCc1nnc2n1CCCCC2)c1s[nH]c(=O)c1Cl. The Morgan fingerprint density at radius 3 is 3.00 bits per heavy atom. The van der Waals surface area contributed by atoms with Gasteiger partial charge >= 0.3 is 0 Å². The smallest absolute Gasteiger partial charge is 0.277 e. The van der Waals surface area contributed by atoms with Crippen molar-refractivity contribution in [2.75, 3.05) is 0 Å². The van der Waals surface area contributed by atoms with Crippen LogP contribution in [0.1, 0.15) is 40.6 Å². The first-order valence-electron chi connectivity index (χ1n) is 6.73. The van der Waals surface area contributed by atoms with E-state index in [-0.39, 0.29) is 22.4 Å². The van der Waals surface area contributed by atoms with Gasteiger partial charge in [-0.3, -0.25) is 14.0 Å². The van der Waals surface area contributed by atoms with Crippen LogP contribution < -0.4 is 10.9 Å². The van der Waals surface area contributed by atoms with E-state index in [2.05, 4.69) is 24.5 Å². The van der Waals surface area contributed by atoms with Crippen LogP contribution in [0, 0.1) is 0 Å². The number of rotatable bonds is 3. The molecule has 2 N–H and O–H groups in total. The maximum atomic E-state index is 12.0. The molecular formula is C12H14ClN5O2S. The standard InChI is InChI=1S/C12H14ClN5O2S/c13-9-10(21-17-11(9)19)12(20)14-6-8-16-15-7-4-2-1-3-5-18(7)8/h1-6H2,(H,14,20)(H,17,19). The number of H-pyrrole nitrogens is 1. The summed E-state index contributed by atoms with van der Waals surface area (Å²) in [7, 11) is 0. The fourth-order valence-corrected chi connectivity index (χ4v) is 3.30. The minimum absolute atomic E-state index is 0.0717. The maximum Gasteiger partial charge on any atom is 0.277 e. The molecule has 0 bridgehead atoms. The number of aryl methyl sites for hydroxylation is 1. The van der Waals surface area contributed by atoms with Crippen LogP contribution in [0.2, 0.25) is 5.02 Å². The number of carbonyl (C=O) groups is 1. The Kier molecular flexibility index (Phi) is 4.07. The monoisotopic (exact) mass is 327 g/mol. The Bertz CT molecular complexity index is 720. The molecule has 3 rings (SSSR count). The van der Waals surface area contributed by atoms with Crippen molar-refractivity contribution >= 4 is 29.0 Å². The van der Waals surface area contributed by atoms with Gasteiger partial charge in [-0.2, -0.15) is 0 Å². The zero-order valence-electron chi connectivity index (χ0n) is 11.2. The summed E-state index contributed by atoms with van der Waals surface area (Å²) in [5.74, 6) is 1.33. The second kappa shape index (κ2) is 5.98. The van der Waals surface area contributed by atoms with Crippen molar-refractivity contribution in [2.45, 2.75) is 38.8 Å². The molecule has 0 saturated carbocycles. The van der Waals surface area contributed by atoms with Crippen LogP contribution in [0.15, 0.2) is 4.79 Å². The van der Waals surface area contributed by atoms with E-state index in [0.717, 1.165) is 49.0 Å². The summed E-state index contributed by atoms with van der Waals surface area (Å²) in [6.45, 7) is 1.15.